The van der Waals surface area contributed by atoms with E-state index in [0.717, 1.165) is 11.1 Å². The molecule has 2 heterocycles. The fourth-order valence-corrected chi connectivity index (χ4v) is 3.91. The highest BCUT2D eigenvalue weighted by atomic mass is 19.4. The van der Waals surface area contributed by atoms with Crippen molar-refractivity contribution in [2.45, 2.75) is 25.1 Å². The van der Waals surface area contributed by atoms with Crippen LogP contribution in [0.25, 0.3) is 0 Å². The van der Waals surface area contributed by atoms with Crippen molar-refractivity contribution in [3.63, 3.8) is 0 Å². The molecule has 1 aromatic heterocycles. The van der Waals surface area contributed by atoms with E-state index in [9.17, 15) is 18.0 Å². The predicted molar refractivity (Wildman–Crippen MR) is 115 cm³/mol. The van der Waals surface area contributed by atoms with Gasteiger partial charge in [0.1, 0.15) is 24.5 Å². The molecule has 3 aromatic rings. The lowest BCUT2D eigenvalue weighted by Crippen LogP contribution is -2.23. The van der Waals surface area contributed by atoms with E-state index >= 15 is 0 Å². The molecule has 0 saturated carbocycles. The summed E-state index contributed by atoms with van der Waals surface area (Å²) in [5.74, 6) is 0.206. The third-order valence-electron chi connectivity index (χ3n) is 5.41. The Labute approximate surface area is 192 Å². The van der Waals surface area contributed by atoms with Gasteiger partial charge in [-0.2, -0.15) is 18.3 Å². The molecule has 1 aliphatic rings. The number of aromatic nitrogens is 2. The molecule has 0 radical (unpaired) electrons. The lowest BCUT2D eigenvalue weighted by Gasteiger charge is -2.23. The van der Waals surface area contributed by atoms with Crippen LogP contribution in [-0.4, -0.2) is 41.5 Å². The molecule has 8 nitrogen and oxygen atoms in total. The number of methoxy groups -OCH3 is 1. The smallest absolute Gasteiger partial charge is 0.420 e. The Balaban J connectivity index is 1.59. The van der Waals surface area contributed by atoms with Crippen molar-refractivity contribution >= 4 is 11.7 Å². The fraction of sp³-hybridized carbons (Fsp3) is 0.304. The van der Waals surface area contributed by atoms with Gasteiger partial charge in [-0.25, -0.2) is 0 Å². The molecule has 0 saturated heterocycles. The number of amides is 1. The predicted octanol–water partition coefficient (Wildman–Crippen LogP) is 3.86. The van der Waals surface area contributed by atoms with Gasteiger partial charge in [-0.15, -0.1) is 0 Å². The molecule has 1 aliphatic heterocycles. The Morgan fingerprint density at radius 3 is 2.71 bits per heavy atom. The summed E-state index contributed by atoms with van der Waals surface area (Å²) in [5.41, 5.74) is 0.516. The topological polar surface area (TPSA) is 106 Å². The Hall–Kier alpha value is -3.73. The van der Waals surface area contributed by atoms with Crippen molar-refractivity contribution in [3.05, 3.63) is 64.8 Å². The van der Waals surface area contributed by atoms with E-state index in [1.165, 1.54) is 25.3 Å². The molecule has 11 heteroatoms. The molecule has 0 bridgehead atoms. The molecule has 3 N–H and O–H groups in total. The van der Waals surface area contributed by atoms with Crippen LogP contribution in [0.3, 0.4) is 0 Å². The van der Waals surface area contributed by atoms with Crippen molar-refractivity contribution in [3.8, 4) is 17.2 Å². The van der Waals surface area contributed by atoms with Crippen LogP contribution >= 0.6 is 0 Å². The van der Waals surface area contributed by atoms with Crippen LogP contribution < -0.4 is 19.5 Å². The van der Waals surface area contributed by atoms with E-state index in [1.54, 1.807) is 24.4 Å². The molecular formula is C23H22F3N3O5. The number of aromatic amines is 1. The minimum Gasteiger partial charge on any atom is -0.493 e. The normalized spacial score (nSPS) is 15.4. The van der Waals surface area contributed by atoms with E-state index in [0.29, 0.717) is 11.6 Å². The van der Waals surface area contributed by atoms with Gasteiger partial charge in [0.05, 0.1) is 13.7 Å². The number of aliphatic hydroxyl groups excluding tert-OH is 1. The molecule has 180 valence electrons. The number of benzene rings is 2. The molecule has 0 spiro atoms. The number of halogens is 3. The zero-order valence-corrected chi connectivity index (χ0v) is 18.1. The van der Waals surface area contributed by atoms with Crippen LogP contribution in [0.5, 0.6) is 17.2 Å². The molecule has 34 heavy (non-hydrogen) atoms. The maximum absolute atomic E-state index is 13.7. The first-order chi connectivity index (χ1) is 16.3. The van der Waals surface area contributed by atoms with Gasteiger partial charge < -0.3 is 24.6 Å². The molecule has 1 unspecified atom stereocenters. The number of nitrogens with zero attached hydrogens (tertiary/aromatic N) is 1. The Bertz CT molecular complexity index is 1180. The van der Waals surface area contributed by atoms with Gasteiger partial charge >= 0.3 is 6.18 Å². The highest BCUT2D eigenvalue weighted by molar-refractivity contribution is 5.94. The zero-order valence-electron chi connectivity index (χ0n) is 18.1. The van der Waals surface area contributed by atoms with Crippen LogP contribution in [0.2, 0.25) is 0 Å². The van der Waals surface area contributed by atoms with Crippen LogP contribution in [-0.2, 0) is 17.6 Å². The van der Waals surface area contributed by atoms with Crippen LogP contribution in [0.15, 0.2) is 42.6 Å². The van der Waals surface area contributed by atoms with Gasteiger partial charge in [-0.05, 0) is 23.8 Å². The number of nitrogens with one attached hydrogen (secondary N) is 2. The Morgan fingerprint density at radius 1 is 1.15 bits per heavy atom. The van der Waals surface area contributed by atoms with Gasteiger partial charge in [0.25, 0.3) is 0 Å². The number of anilines is 1. The van der Waals surface area contributed by atoms with Crippen molar-refractivity contribution in [2.24, 2.45) is 0 Å². The standard InChI is InChI=1S/C23H22F3N3O5/c1-32-19-9-13(15-10-20(31)28-22-16(15)11-27-29-22)5-6-17(19)34-12-14-3-2-4-18(33-8-7-30)21(14)23(24,25)26/h2-6,9,11,15,30H,7-8,10,12H2,1H3,(H2,27,28,29,31). The van der Waals surface area contributed by atoms with Gasteiger partial charge in [0.15, 0.2) is 17.3 Å². The first kappa shape index (κ1) is 23.4. The number of carbonyl (C=O) groups excluding carboxylic acids is 1. The Morgan fingerprint density at radius 2 is 1.97 bits per heavy atom. The largest absolute Gasteiger partial charge is 0.493 e. The van der Waals surface area contributed by atoms with E-state index < -0.39 is 25.0 Å². The van der Waals surface area contributed by atoms with E-state index in [1.807, 2.05) is 0 Å². The number of hydrogen-bond acceptors (Lipinski definition) is 6. The maximum atomic E-state index is 13.7. The third-order valence-corrected chi connectivity index (χ3v) is 5.41. The lowest BCUT2D eigenvalue weighted by atomic mass is 9.87. The second-order valence-electron chi connectivity index (χ2n) is 7.55. The first-order valence-corrected chi connectivity index (χ1v) is 10.4. The average molecular weight is 477 g/mol. The summed E-state index contributed by atoms with van der Waals surface area (Å²) in [6.07, 6.45) is -2.76. The van der Waals surface area contributed by atoms with E-state index in [2.05, 4.69) is 15.5 Å². The van der Waals surface area contributed by atoms with Gasteiger partial charge in [0, 0.05) is 29.7 Å². The SMILES string of the molecule is COc1cc(C2CC(=O)Nc3n[nH]cc32)ccc1OCc1cccc(OCCO)c1C(F)(F)F. The second-order valence-corrected chi connectivity index (χ2v) is 7.55. The van der Waals surface area contributed by atoms with E-state index in [4.69, 9.17) is 19.3 Å². The summed E-state index contributed by atoms with van der Waals surface area (Å²) in [7, 11) is 1.42. The van der Waals surface area contributed by atoms with Gasteiger partial charge in [-0.1, -0.05) is 18.2 Å². The summed E-state index contributed by atoms with van der Waals surface area (Å²) in [6.45, 7) is -1.07. The monoisotopic (exact) mass is 477 g/mol. The molecule has 2 aromatic carbocycles. The minimum absolute atomic E-state index is 0.124. The number of hydrogen-bond donors (Lipinski definition) is 3. The summed E-state index contributed by atoms with van der Waals surface area (Å²) in [6, 6.07) is 8.96. The summed E-state index contributed by atoms with van der Waals surface area (Å²) < 4.78 is 57.4. The Kier molecular flexibility index (Phi) is 6.64. The van der Waals surface area contributed by atoms with Gasteiger partial charge in [0.2, 0.25) is 5.91 Å². The quantitative estimate of drug-likeness (QED) is 0.455. The molecule has 4 rings (SSSR count). The molecule has 1 amide bonds. The lowest BCUT2D eigenvalue weighted by molar-refractivity contribution is -0.140. The maximum Gasteiger partial charge on any atom is 0.420 e. The number of alkyl halides is 3. The second kappa shape index (κ2) is 9.64. The van der Waals surface area contributed by atoms with Crippen molar-refractivity contribution < 1.29 is 37.3 Å². The van der Waals surface area contributed by atoms with E-state index in [-0.39, 0.29) is 41.9 Å². The highest BCUT2D eigenvalue weighted by Gasteiger charge is 2.37. The molecular weight excluding hydrogens is 455 g/mol. The third kappa shape index (κ3) is 4.79. The number of H-pyrrole nitrogens is 1. The molecule has 0 fully saturated rings. The summed E-state index contributed by atoms with van der Waals surface area (Å²) in [4.78, 5) is 12.1. The average Bonchev–Trinajstić information content (AvgIpc) is 3.28. The minimum atomic E-state index is -4.68. The van der Waals surface area contributed by atoms with Crippen LogP contribution in [0, 0.1) is 0 Å². The number of fused-ring (bicyclic) bond motifs is 1. The van der Waals surface area contributed by atoms with Gasteiger partial charge in [-0.3, -0.25) is 9.89 Å². The van der Waals surface area contributed by atoms with Crippen LogP contribution in [0.1, 0.15) is 34.6 Å². The molecule has 0 aliphatic carbocycles. The molecule has 1 atom stereocenters. The number of carbonyl (C=O) groups is 1. The summed E-state index contributed by atoms with van der Waals surface area (Å²) in [5, 5.41) is 18.4. The fourth-order valence-electron chi connectivity index (χ4n) is 3.91. The number of rotatable bonds is 8. The number of aliphatic hydroxyl groups is 1. The summed E-state index contributed by atoms with van der Waals surface area (Å²) >= 11 is 0. The first-order valence-electron chi connectivity index (χ1n) is 10.4. The van der Waals surface area contributed by atoms with Crippen molar-refractivity contribution in [1.82, 2.24) is 10.2 Å². The van der Waals surface area contributed by atoms with Crippen molar-refractivity contribution in [2.75, 3.05) is 25.6 Å². The van der Waals surface area contributed by atoms with Crippen molar-refractivity contribution in [1.29, 1.82) is 0 Å². The van der Waals surface area contributed by atoms with Crippen LogP contribution in [0.4, 0.5) is 19.0 Å². The zero-order chi connectivity index (χ0) is 24.3. The number of ether oxygens (including phenoxy) is 3. The highest BCUT2D eigenvalue weighted by Crippen LogP contribution is 2.41.